The Bertz CT molecular complexity index is 352. The Morgan fingerprint density at radius 2 is 1.74 bits per heavy atom. The second-order valence-corrected chi connectivity index (χ2v) is 5.11. The van der Waals surface area contributed by atoms with E-state index in [0.29, 0.717) is 5.92 Å². The van der Waals surface area contributed by atoms with E-state index < -0.39 is 13.0 Å². The molecule has 0 heterocycles. The fraction of sp³-hybridized carbons (Fsp3) is 0.600. The molecule has 108 valence electrons. The monoisotopic (exact) mass is 271 g/mol. The van der Waals surface area contributed by atoms with E-state index >= 15 is 0 Å². The first-order valence-electron chi connectivity index (χ1n) is 6.65. The lowest BCUT2D eigenvalue weighted by Crippen LogP contribution is -2.23. The molecule has 0 spiro atoms. The Kier molecular flexibility index (Phi) is 6.95. The molecule has 2 nitrogen and oxygen atoms in total. The van der Waals surface area contributed by atoms with E-state index in [1.54, 1.807) is 7.05 Å². The summed E-state index contributed by atoms with van der Waals surface area (Å²) in [5.74, 6) is 0.625. The number of hydrogen-bond donors (Lipinski definition) is 1. The van der Waals surface area contributed by atoms with Crippen LogP contribution in [0.2, 0.25) is 0 Å². The van der Waals surface area contributed by atoms with Crippen LogP contribution in [0.1, 0.15) is 31.0 Å². The van der Waals surface area contributed by atoms with Crippen molar-refractivity contribution >= 4 is 0 Å². The third-order valence-electron chi connectivity index (χ3n) is 2.90. The summed E-state index contributed by atoms with van der Waals surface area (Å²) in [4.78, 5) is 0. The number of alkyl halides is 2. The van der Waals surface area contributed by atoms with Crippen LogP contribution in [-0.2, 0) is 11.2 Å². The van der Waals surface area contributed by atoms with Crippen LogP contribution in [0.3, 0.4) is 0 Å². The molecule has 0 saturated carbocycles. The number of hydrogen-bond acceptors (Lipinski definition) is 2. The molecular weight excluding hydrogens is 248 g/mol. The summed E-state index contributed by atoms with van der Waals surface area (Å²) in [5, 5.41) is 3.08. The Hall–Kier alpha value is -1.00. The maximum Gasteiger partial charge on any atom is 0.261 e. The van der Waals surface area contributed by atoms with Crippen LogP contribution in [-0.4, -0.2) is 26.7 Å². The molecule has 0 aliphatic rings. The van der Waals surface area contributed by atoms with Gasteiger partial charge in [0.2, 0.25) is 0 Å². The van der Waals surface area contributed by atoms with E-state index in [1.807, 2.05) is 12.1 Å². The second kappa shape index (κ2) is 8.23. The summed E-state index contributed by atoms with van der Waals surface area (Å²) < 4.78 is 29.0. The van der Waals surface area contributed by atoms with E-state index in [2.05, 4.69) is 31.3 Å². The van der Waals surface area contributed by atoms with Gasteiger partial charge in [0.25, 0.3) is 6.43 Å². The molecule has 1 atom stereocenters. The highest BCUT2D eigenvalue weighted by Gasteiger charge is 2.11. The zero-order valence-corrected chi connectivity index (χ0v) is 11.8. The van der Waals surface area contributed by atoms with Gasteiger partial charge < -0.3 is 10.1 Å². The van der Waals surface area contributed by atoms with Gasteiger partial charge in [-0.25, -0.2) is 8.78 Å². The first-order valence-corrected chi connectivity index (χ1v) is 6.65. The Labute approximate surface area is 114 Å². The Morgan fingerprint density at radius 3 is 2.21 bits per heavy atom. The summed E-state index contributed by atoms with van der Waals surface area (Å²) in [5.41, 5.74) is 2.35. The summed E-state index contributed by atoms with van der Waals surface area (Å²) in [7, 11) is 1.80. The molecule has 0 amide bonds. The predicted octanol–water partition coefficient (Wildman–Crippen LogP) is 3.43. The molecule has 19 heavy (non-hydrogen) atoms. The molecule has 1 rings (SSSR count). The molecule has 1 aromatic rings. The largest absolute Gasteiger partial charge is 0.374 e. The number of benzene rings is 1. The van der Waals surface area contributed by atoms with E-state index in [4.69, 9.17) is 4.74 Å². The number of rotatable bonds is 8. The molecule has 0 aliphatic heterocycles. The SMILES string of the molecule is CNC(COCC(F)F)c1ccc(CC(C)C)cc1. The van der Waals surface area contributed by atoms with Gasteiger partial charge in [0.05, 0.1) is 12.6 Å². The smallest absolute Gasteiger partial charge is 0.261 e. The molecule has 0 aliphatic carbocycles. The highest BCUT2D eigenvalue weighted by Crippen LogP contribution is 2.16. The quantitative estimate of drug-likeness (QED) is 0.782. The van der Waals surface area contributed by atoms with Crippen molar-refractivity contribution in [3.8, 4) is 0 Å². The minimum absolute atomic E-state index is 0.0492. The van der Waals surface area contributed by atoms with Crippen molar-refractivity contribution in [1.29, 1.82) is 0 Å². The number of nitrogens with one attached hydrogen (secondary N) is 1. The fourth-order valence-electron chi connectivity index (χ4n) is 1.98. The van der Waals surface area contributed by atoms with Crippen LogP contribution in [0.15, 0.2) is 24.3 Å². The normalized spacial score (nSPS) is 13.2. The van der Waals surface area contributed by atoms with Crippen LogP contribution < -0.4 is 5.32 Å². The van der Waals surface area contributed by atoms with E-state index in [-0.39, 0.29) is 12.6 Å². The lowest BCUT2D eigenvalue weighted by molar-refractivity contribution is 0.00985. The Balaban J connectivity index is 2.55. The minimum atomic E-state index is -2.41. The highest BCUT2D eigenvalue weighted by atomic mass is 19.3. The molecule has 0 saturated heterocycles. The van der Waals surface area contributed by atoms with Crippen molar-refractivity contribution in [3.05, 3.63) is 35.4 Å². The summed E-state index contributed by atoms with van der Waals surface area (Å²) in [6, 6.07) is 8.20. The topological polar surface area (TPSA) is 21.3 Å². The van der Waals surface area contributed by atoms with Gasteiger partial charge in [-0.3, -0.25) is 0 Å². The van der Waals surface area contributed by atoms with Crippen molar-refractivity contribution in [2.45, 2.75) is 32.7 Å². The summed E-state index contributed by atoms with van der Waals surface area (Å²) in [6.07, 6.45) is -1.36. The van der Waals surface area contributed by atoms with Crippen LogP contribution in [0.25, 0.3) is 0 Å². The molecule has 1 aromatic carbocycles. The highest BCUT2D eigenvalue weighted by molar-refractivity contribution is 5.25. The lowest BCUT2D eigenvalue weighted by Gasteiger charge is -2.17. The van der Waals surface area contributed by atoms with Gasteiger partial charge in [0, 0.05) is 0 Å². The molecule has 0 bridgehead atoms. The number of ether oxygens (including phenoxy) is 1. The molecule has 0 fully saturated rings. The van der Waals surface area contributed by atoms with Gasteiger partial charge in [-0.15, -0.1) is 0 Å². The van der Waals surface area contributed by atoms with Crippen molar-refractivity contribution < 1.29 is 13.5 Å². The van der Waals surface area contributed by atoms with Crippen molar-refractivity contribution in [1.82, 2.24) is 5.32 Å². The summed E-state index contributed by atoms with van der Waals surface area (Å²) in [6.45, 7) is 4.11. The van der Waals surface area contributed by atoms with Crippen LogP contribution in [0.4, 0.5) is 8.78 Å². The molecular formula is C15H23F2NO. The zero-order valence-electron chi connectivity index (χ0n) is 11.8. The summed E-state index contributed by atoms with van der Waals surface area (Å²) >= 11 is 0. The number of halogens is 2. The second-order valence-electron chi connectivity index (χ2n) is 5.11. The average Bonchev–Trinajstić information content (AvgIpc) is 2.35. The lowest BCUT2D eigenvalue weighted by atomic mass is 10.00. The third kappa shape index (κ3) is 6.12. The van der Waals surface area contributed by atoms with Gasteiger partial charge in [0.1, 0.15) is 6.61 Å². The standard InChI is InChI=1S/C15H23F2NO/c1-11(2)8-12-4-6-13(7-5-12)14(18-3)9-19-10-15(16)17/h4-7,11,14-15,18H,8-10H2,1-3H3. The first kappa shape index (κ1) is 16.1. The number of likely N-dealkylation sites (N-methyl/N-ethyl adjacent to an activating group) is 1. The van der Waals surface area contributed by atoms with Crippen LogP contribution >= 0.6 is 0 Å². The average molecular weight is 271 g/mol. The van der Waals surface area contributed by atoms with E-state index in [1.165, 1.54) is 5.56 Å². The van der Waals surface area contributed by atoms with Gasteiger partial charge in [0.15, 0.2) is 0 Å². The van der Waals surface area contributed by atoms with Gasteiger partial charge in [-0.1, -0.05) is 38.1 Å². The zero-order chi connectivity index (χ0) is 14.3. The third-order valence-corrected chi connectivity index (χ3v) is 2.90. The van der Waals surface area contributed by atoms with Gasteiger partial charge in [-0.2, -0.15) is 0 Å². The van der Waals surface area contributed by atoms with Gasteiger partial charge >= 0.3 is 0 Å². The molecule has 4 heteroatoms. The van der Waals surface area contributed by atoms with Crippen molar-refractivity contribution in [2.75, 3.05) is 20.3 Å². The van der Waals surface area contributed by atoms with E-state index in [9.17, 15) is 8.78 Å². The van der Waals surface area contributed by atoms with Crippen molar-refractivity contribution in [2.24, 2.45) is 5.92 Å². The van der Waals surface area contributed by atoms with E-state index in [0.717, 1.165) is 12.0 Å². The van der Waals surface area contributed by atoms with Crippen molar-refractivity contribution in [3.63, 3.8) is 0 Å². The first-order chi connectivity index (χ1) is 9.02. The Morgan fingerprint density at radius 1 is 1.11 bits per heavy atom. The minimum Gasteiger partial charge on any atom is -0.374 e. The molecule has 0 radical (unpaired) electrons. The fourth-order valence-corrected chi connectivity index (χ4v) is 1.98. The predicted molar refractivity (Wildman–Crippen MR) is 73.6 cm³/mol. The maximum atomic E-state index is 12.0. The van der Waals surface area contributed by atoms with Gasteiger partial charge in [-0.05, 0) is 30.5 Å². The molecule has 1 unspecified atom stereocenters. The molecule has 1 N–H and O–H groups in total. The van der Waals surface area contributed by atoms with Crippen LogP contribution in [0, 0.1) is 5.92 Å². The maximum absolute atomic E-state index is 12.0. The molecule has 0 aromatic heterocycles. The van der Waals surface area contributed by atoms with Crippen LogP contribution in [0.5, 0.6) is 0 Å².